The lowest BCUT2D eigenvalue weighted by atomic mass is 9.90. The molecule has 6 rings (SSSR count). The highest BCUT2D eigenvalue weighted by Crippen LogP contribution is 2.51. The third-order valence-electron chi connectivity index (χ3n) is 7.74. The van der Waals surface area contributed by atoms with Crippen molar-refractivity contribution >= 4 is 20.7 Å². The summed E-state index contributed by atoms with van der Waals surface area (Å²) in [6.45, 7) is 0. The van der Waals surface area contributed by atoms with E-state index in [9.17, 15) is 0 Å². The molecule has 2 aromatic carbocycles. The molecule has 0 saturated heterocycles. The molecular weight excluding hydrogens is 340 g/mol. The summed E-state index contributed by atoms with van der Waals surface area (Å²) in [4.78, 5) is 0. The third-order valence-corrected chi connectivity index (χ3v) is 10.7. The standard InChI is InChI=1S/C26H28Si/c1-3-9-19-17(7-1)15-23-21(19)11-5-13-25(23)27-26-14-6-12-22-20-10-4-2-8-18(20)16-24(22)26/h1-4,7-10,25-26H,5-6,11-16,27H2. The molecule has 0 amide bonds. The van der Waals surface area contributed by atoms with Gasteiger partial charge in [0, 0.05) is 9.52 Å². The second kappa shape index (κ2) is 6.34. The van der Waals surface area contributed by atoms with Gasteiger partial charge in [0.2, 0.25) is 0 Å². The molecule has 0 spiro atoms. The highest BCUT2D eigenvalue weighted by molar-refractivity contribution is 6.42. The topological polar surface area (TPSA) is 0 Å². The van der Waals surface area contributed by atoms with Crippen LogP contribution in [0, 0.1) is 0 Å². The van der Waals surface area contributed by atoms with Gasteiger partial charge in [-0.25, -0.2) is 0 Å². The molecule has 0 nitrogen and oxygen atoms in total. The van der Waals surface area contributed by atoms with Gasteiger partial charge in [-0.2, -0.15) is 0 Å². The van der Waals surface area contributed by atoms with Gasteiger partial charge in [-0.15, -0.1) is 0 Å². The van der Waals surface area contributed by atoms with Gasteiger partial charge < -0.3 is 0 Å². The Labute approximate surface area is 165 Å². The normalized spacial score (nSPS) is 26.4. The molecule has 0 aliphatic heterocycles. The Morgan fingerprint density at radius 1 is 0.630 bits per heavy atom. The Hall–Kier alpha value is -1.86. The van der Waals surface area contributed by atoms with Crippen LogP contribution in [0.5, 0.6) is 0 Å². The fraction of sp³-hybridized carbons (Fsp3) is 0.385. The average Bonchev–Trinajstić information content (AvgIpc) is 3.28. The molecule has 0 N–H and O–H groups in total. The van der Waals surface area contributed by atoms with E-state index in [1.54, 1.807) is 33.4 Å². The number of allylic oxidation sites excluding steroid dienone is 4. The highest BCUT2D eigenvalue weighted by Gasteiger charge is 2.35. The number of rotatable bonds is 2. The molecule has 0 saturated carbocycles. The van der Waals surface area contributed by atoms with Crippen LogP contribution in [0.15, 0.2) is 59.7 Å². The van der Waals surface area contributed by atoms with Crippen LogP contribution < -0.4 is 0 Å². The van der Waals surface area contributed by atoms with Crippen LogP contribution in [0.3, 0.4) is 0 Å². The predicted molar refractivity (Wildman–Crippen MR) is 118 cm³/mol. The van der Waals surface area contributed by atoms with Gasteiger partial charge in [-0.1, -0.05) is 59.7 Å². The SMILES string of the molecule is c1ccc2c(c1)CC1=C2CCCC1[SiH2]C1CCCC2=C1Cc1ccccc12. The molecule has 2 atom stereocenters. The van der Waals surface area contributed by atoms with Gasteiger partial charge in [0.1, 0.15) is 0 Å². The molecule has 0 fully saturated rings. The van der Waals surface area contributed by atoms with Crippen molar-refractivity contribution in [1.29, 1.82) is 0 Å². The quantitative estimate of drug-likeness (QED) is 0.560. The number of benzene rings is 2. The second-order valence-electron chi connectivity index (χ2n) is 9.09. The largest absolute Gasteiger partial charge is 0.0621 e. The van der Waals surface area contributed by atoms with Crippen molar-refractivity contribution in [2.75, 3.05) is 0 Å². The van der Waals surface area contributed by atoms with E-state index in [0.717, 1.165) is 11.1 Å². The highest BCUT2D eigenvalue weighted by atomic mass is 28.2. The lowest BCUT2D eigenvalue weighted by Gasteiger charge is -2.32. The summed E-state index contributed by atoms with van der Waals surface area (Å²) in [5.41, 5.74) is 15.6. The van der Waals surface area contributed by atoms with Crippen LogP contribution in [0.25, 0.3) is 11.1 Å². The fourth-order valence-electron chi connectivity index (χ4n) is 6.54. The van der Waals surface area contributed by atoms with E-state index in [0.29, 0.717) is 0 Å². The third kappa shape index (κ3) is 2.55. The maximum absolute atomic E-state index is 2.39. The molecule has 0 aromatic heterocycles. The van der Waals surface area contributed by atoms with E-state index in [1.807, 2.05) is 11.1 Å². The van der Waals surface area contributed by atoms with Gasteiger partial charge >= 0.3 is 0 Å². The van der Waals surface area contributed by atoms with Gasteiger partial charge in [0.25, 0.3) is 0 Å². The monoisotopic (exact) mass is 368 g/mol. The van der Waals surface area contributed by atoms with E-state index in [1.165, 1.54) is 51.4 Å². The smallest absolute Gasteiger partial charge is 0.0365 e. The maximum atomic E-state index is 2.39. The van der Waals surface area contributed by atoms with E-state index >= 15 is 0 Å². The van der Waals surface area contributed by atoms with E-state index < -0.39 is 0 Å². The minimum Gasteiger partial charge on any atom is -0.0621 e. The number of hydrogen-bond donors (Lipinski definition) is 0. The van der Waals surface area contributed by atoms with Gasteiger partial charge in [-0.3, -0.25) is 0 Å². The Kier molecular flexibility index (Phi) is 3.79. The molecule has 4 aliphatic carbocycles. The summed E-state index contributed by atoms with van der Waals surface area (Å²) in [6, 6.07) is 18.5. The zero-order valence-electron chi connectivity index (χ0n) is 16.1. The molecule has 0 radical (unpaired) electrons. The van der Waals surface area contributed by atoms with E-state index in [4.69, 9.17) is 0 Å². The fourth-order valence-corrected chi connectivity index (χ4v) is 9.63. The number of fused-ring (bicyclic) bond motifs is 4. The zero-order chi connectivity index (χ0) is 17.8. The van der Waals surface area contributed by atoms with Gasteiger partial charge in [-0.05, 0) is 95.8 Å². The Morgan fingerprint density at radius 3 is 1.63 bits per heavy atom. The van der Waals surface area contributed by atoms with Gasteiger partial charge in [0.15, 0.2) is 0 Å². The van der Waals surface area contributed by atoms with Crippen molar-refractivity contribution in [2.45, 2.75) is 62.4 Å². The summed E-state index contributed by atoms with van der Waals surface area (Å²) in [7, 11) is -0.127. The van der Waals surface area contributed by atoms with Crippen molar-refractivity contribution in [3.05, 3.63) is 81.9 Å². The van der Waals surface area contributed by atoms with Crippen molar-refractivity contribution in [1.82, 2.24) is 0 Å². The summed E-state index contributed by atoms with van der Waals surface area (Å²) >= 11 is 0. The second-order valence-corrected chi connectivity index (χ2v) is 11.5. The lowest BCUT2D eigenvalue weighted by molar-refractivity contribution is 0.667. The van der Waals surface area contributed by atoms with E-state index in [-0.39, 0.29) is 9.52 Å². The summed E-state index contributed by atoms with van der Waals surface area (Å²) in [5.74, 6) is 0. The van der Waals surface area contributed by atoms with Crippen molar-refractivity contribution < 1.29 is 0 Å². The molecule has 0 heterocycles. The Bertz CT molecular complexity index is 898. The maximum Gasteiger partial charge on any atom is 0.0365 e. The average molecular weight is 369 g/mol. The molecule has 2 aromatic rings. The van der Waals surface area contributed by atoms with Crippen LogP contribution in [0.1, 0.15) is 60.8 Å². The number of hydrogen-bond acceptors (Lipinski definition) is 0. The van der Waals surface area contributed by atoms with Crippen molar-refractivity contribution in [3.63, 3.8) is 0 Å². The molecular formula is C26H28Si. The minimum atomic E-state index is -0.127. The Morgan fingerprint density at radius 2 is 1.11 bits per heavy atom. The van der Waals surface area contributed by atoms with Crippen LogP contribution in [-0.4, -0.2) is 9.52 Å². The summed E-state index contributed by atoms with van der Waals surface area (Å²) in [5, 5.41) is 0. The first kappa shape index (κ1) is 16.1. The van der Waals surface area contributed by atoms with Crippen LogP contribution >= 0.6 is 0 Å². The lowest BCUT2D eigenvalue weighted by Crippen LogP contribution is -2.20. The zero-order valence-corrected chi connectivity index (χ0v) is 17.6. The first-order valence-corrected chi connectivity index (χ1v) is 12.6. The molecule has 27 heavy (non-hydrogen) atoms. The van der Waals surface area contributed by atoms with Crippen LogP contribution in [0.4, 0.5) is 0 Å². The predicted octanol–water partition coefficient (Wildman–Crippen LogP) is 6.12. The first-order valence-electron chi connectivity index (χ1n) is 11.0. The minimum absolute atomic E-state index is 0.127. The molecule has 0 bridgehead atoms. The molecule has 1 heteroatoms. The van der Waals surface area contributed by atoms with Gasteiger partial charge in [0.05, 0.1) is 0 Å². The summed E-state index contributed by atoms with van der Waals surface area (Å²) in [6.07, 6.45) is 11.0. The van der Waals surface area contributed by atoms with E-state index in [2.05, 4.69) is 48.5 Å². The van der Waals surface area contributed by atoms with Crippen molar-refractivity contribution in [3.8, 4) is 0 Å². The molecule has 136 valence electrons. The van der Waals surface area contributed by atoms with Crippen molar-refractivity contribution in [2.24, 2.45) is 0 Å². The first-order chi connectivity index (χ1) is 13.4. The molecule has 4 aliphatic rings. The molecule has 2 unspecified atom stereocenters. The Balaban J connectivity index is 1.30. The summed E-state index contributed by atoms with van der Waals surface area (Å²) < 4.78 is 0. The van der Waals surface area contributed by atoms with Crippen LogP contribution in [-0.2, 0) is 12.8 Å². The van der Waals surface area contributed by atoms with Crippen LogP contribution in [0.2, 0.25) is 11.1 Å².